The lowest BCUT2D eigenvalue weighted by atomic mass is 9.93. The van der Waals surface area contributed by atoms with Crippen molar-refractivity contribution < 1.29 is 65.0 Å². The van der Waals surface area contributed by atoms with Crippen LogP contribution in [0.5, 0.6) is 23.0 Å². The number of nitrogens with one attached hydrogen (secondary N) is 2. The highest BCUT2D eigenvalue weighted by Crippen LogP contribution is 2.52. The number of phenols is 1. The molecule has 1 aliphatic carbocycles. The lowest BCUT2D eigenvalue weighted by Crippen LogP contribution is -2.28. The van der Waals surface area contributed by atoms with Crippen LogP contribution in [0.4, 0.5) is 14.6 Å². The largest absolute Gasteiger partial charge is 0.586 e. The molecule has 380 valence electrons. The van der Waals surface area contributed by atoms with Crippen LogP contribution < -0.4 is 24.2 Å². The summed E-state index contributed by atoms with van der Waals surface area (Å²) in [6, 6.07) is 30.7. The normalized spacial score (nSPS) is 14.3. The number of nitrogens with zero attached hydrogens (tertiary/aromatic N) is 2. The quantitative estimate of drug-likeness (QED) is 0.0398. The van der Waals surface area contributed by atoms with Crippen molar-refractivity contribution in [3.63, 3.8) is 0 Å². The summed E-state index contributed by atoms with van der Waals surface area (Å²) in [7, 11) is -3.82. The summed E-state index contributed by atoms with van der Waals surface area (Å²) in [5.41, 5.74) is 6.09. The van der Waals surface area contributed by atoms with E-state index in [2.05, 4.69) is 36.4 Å². The Morgan fingerprint density at radius 3 is 1.83 bits per heavy atom. The fourth-order valence-corrected chi connectivity index (χ4v) is 9.01. The van der Waals surface area contributed by atoms with Gasteiger partial charge in [0.25, 0.3) is 0 Å². The molecule has 3 heterocycles. The van der Waals surface area contributed by atoms with Gasteiger partial charge in [-0.25, -0.2) is 18.1 Å². The molecule has 0 unspecified atom stereocenters. The standard InChI is InChI=1S/C53H56F2N4O12S/c1-2-44-45(37-6-13-41(60)14-7-37)35-56-36-46(44)38-8-15-42(16-9-38)69-33-32-68-31-30-67-29-28-66-27-26-65-25-24-64-23-22-57-72(62,63)43-17-10-39(11-18-43)47-4-3-5-50(58-47)59-51(61)52(20-21-52)40-12-19-48-49(34-40)71-53(54,55)70-48/h3-19,34-36,57,60H,2,20-33H2,1H3,(H,58,59,61). The van der Waals surface area contributed by atoms with Crippen molar-refractivity contribution in [1.29, 1.82) is 0 Å². The molecule has 1 amide bonds. The molecule has 0 spiro atoms. The van der Waals surface area contributed by atoms with Gasteiger partial charge in [-0.15, -0.1) is 8.78 Å². The molecule has 6 aromatic rings. The van der Waals surface area contributed by atoms with Crippen molar-refractivity contribution >= 4 is 21.7 Å². The molecule has 2 aromatic heterocycles. The monoisotopic (exact) mass is 1010 g/mol. The number of carbonyl (C=O) groups excluding carboxylic acids is 1. The second-order valence-corrected chi connectivity index (χ2v) is 18.5. The Morgan fingerprint density at radius 2 is 1.24 bits per heavy atom. The number of aromatic hydroxyl groups is 1. The molecule has 4 aromatic carbocycles. The Labute approximate surface area is 416 Å². The molecule has 1 saturated carbocycles. The molecule has 1 aliphatic heterocycles. The Morgan fingerprint density at radius 1 is 0.681 bits per heavy atom. The predicted octanol–water partition coefficient (Wildman–Crippen LogP) is 8.18. The smallest absolute Gasteiger partial charge is 0.508 e. The van der Waals surface area contributed by atoms with Crippen molar-refractivity contribution in [3.8, 4) is 56.5 Å². The van der Waals surface area contributed by atoms with Crippen molar-refractivity contribution in [1.82, 2.24) is 14.7 Å². The fraction of sp³-hybridized carbons (Fsp3) is 0.340. The molecule has 0 atom stereocenters. The fourth-order valence-electron chi connectivity index (χ4n) is 7.99. The van der Waals surface area contributed by atoms with E-state index in [1.807, 2.05) is 48.8 Å². The number of amides is 1. The van der Waals surface area contributed by atoms with Gasteiger partial charge in [-0.2, -0.15) is 0 Å². The molecule has 19 heteroatoms. The van der Waals surface area contributed by atoms with E-state index in [-0.39, 0.29) is 53.6 Å². The molecule has 1 fully saturated rings. The number of sulfonamides is 1. The van der Waals surface area contributed by atoms with Crippen molar-refractivity contribution in [2.45, 2.75) is 42.8 Å². The summed E-state index contributed by atoms with van der Waals surface area (Å²) in [6.07, 6.45) is 1.86. The summed E-state index contributed by atoms with van der Waals surface area (Å²) in [6.45, 7) is 6.17. The Bertz CT molecular complexity index is 2850. The van der Waals surface area contributed by atoms with E-state index in [9.17, 15) is 27.1 Å². The third-order valence-corrected chi connectivity index (χ3v) is 13.3. The summed E-state index contributed by atoms with van der Waals surface area (Å²) in [4.78, 5) is 22.5. The SMILES string of the molecule is CCc1c(-c2ccc(O)cc2)cncc1-c1ccc(OCCOCCOCCOCCOCCOCCNS(=O)(=O)c2ccc(-c3cccc(NC(=O)C4(c5ccc6c(c5)OC(F)(F)O6)CC4)n3)cc2)cc1. The number of halogens is 2. The van der Waals surface area contributed by atoms with Gasteiger partial charge in [0.05, 0.1) is 82.1 Å². The minimum atomic E-state index is -3.82. The van der Waals surface area contributed by atoms with Crippen molar-refractivity contribution in [2.24, 2.45) is 0 Å². The van der Waals surface area contributed by atoms with Gasteiger partial charge in [-0.3, -0.25) is 9.78 Å². The maximum Gasteiger partial charge on any atom is 0.586 e. The highest BCUT2D eigenvalue weighted by atomic mass is 32.2. The summed E-state index contributed by atoms with van der Waals surface area (Å²) < 4.78 is 98.2. The van der Waals surface area contributed by atoms with Gasteiger partial charge in [0.2, 0.25) is 15.9 Å². The minimum Gasteiger partial charge on any atom is -0.508 e. The number of alkyl halides is 2. The molecular formula is C53H56F2N4O12S. The van der Waals surface area contributed by atoms with Crippen LogP contribution in [0.1, 0.15) is 30.9 Å². The summed E-state index contributed by atoms with van der Waals surface area (Å²) in [5.74, 6) is 0.702. The van der Waals surface area contributed by atoms with E-state index in [0.717, 1.165) is 34.4 Å². The van der Waals surface area contributed by atoms with Gasteiger partial charge in [-0.1, -0.05) is 55.5 Å². The van der Waals surface area contributed by atoms with Gasteiger partial charge in [0, 0.05) is 35.6 Å². The van der Waals surface area contributed by atoms with Crippen LogP contribution in [0.3, 0.4) is 0 Å². The second kappa shape index (κ2) is 24.2. The molecule has 0 radical (unpaired) electrons. The van der Waals surface area contributed by atoms with E-state index in [4.69, 9.17) is 28.4 Å². The van der Waals surface area contributed by atoms with E-state index in [1.54, 1.807) is 48.5 Å². The van der Waals surface area contributed by atoms with Crippen LogP contribution in [-0.2, 0) is 50.3 Å². The number of hydrogen-bond donors (Lipinski definition) is 3. The first-order valence-electron chi connectivity index (χ1n) is 23.6. The number of rotatable bonds is 28. The van der Waals surface area contributed by atoms with Crippen LogP contribution in [0.2, 0.25) is 0 Å². The highest BCUT2D eigenvalue weighted by Gasteiger charge is 2.53. The first kappa shape index (κ1) is 51.8. The number of aromatic nitrogens is 2. The maximum atomic E-state index is 13.5. The Hall–Kier alpha value is -6.58. The number of fused-ring (bicyclic) bond motifs is 1. The van der Waals surface area contributed by atoms with Crippen molar-refractivity contribution in [3.05, 3.63) is 133 Å². The first-order valence-corrected chi connectivity index (χ1v) is 25.1. The second-order valence-electron chi connectivity index (χ2n) is 16.7. The molecule has 8 rings (SSSR count). The van der Waals surface area contributed by atoms with Crippen LogP contribution in [0.25, 0.3) is 33.5 Å². The lowest BCUT2D eigenvalue weighted by Gasteiger charge is -2.16. The van der Waals surface area contributed by atoms with Crippen LogP contribution in [0, 0.1) is 0 Å². The van der Waals surface area contributed by atoms with Gasteiger partial charge < -0.3 is 48.3 Å². The zero-order valence-electron chi connectivity index (χ0n) is 39.7. The summed E-state index contributed by atoms with van der Waals surface area (Å²) in [5, 5.41) is 12.5. The molecule has 2 aliphatic rings. The number of hydrogen-bond acceptors (Lipinski definition) is 14. The molecule has 0 bridgehead atoms. The lowest BCUT2D eigenvalue weighted by molar-refractivity contribution is -0.286. The predicted molar refractivity (Wildman–Crippen MR) is 263 cm³/mol. The Kier molecular flexibility index (Phi) is 17.4. The van der Waals surface area contributed by atoms with E-state index in [0.29, 0.717) is 89.1 Å². The number of phenolic OH excluding ortho intramolecular Hbond substituents is 1. The molecule has 16 nitrogen and oxygen atoms in total. The van der Waals surface area contributed by atoms with Gasteiger partial charge in [0.1, 0.15) is 23.9 Å². The van der Waals surface area contributed by atoms with Gasteiger partial charge in [0.15, 0.2) is 11.5 Å². The number of carbonyl (C=O) groups is 1. The minimum absolute atomic E-state index is 0.0596. The zero-order valence-corrected chi connectivity index (χ0v) is 40.5. The average molecular weight is 1010 g/mol. The molecule has 72 heavy (non-hydrogen) atoms. The highest BCUT2D eigenvalue weighted by molar-refractivity contribution is 7.89. The topological polar surface area (TPSA) is 195 Å². The maximum absolute atomic E-state index is 13.5. The van der Waals surface area contributed by atoms with E-state index < -0.39 is 21.7 Å². The number of ether oxygens (including phenoxy) is 8. The number of pyridine rings is 2. The number of anilines is 1. The summed E-state index contributed by atoms with van der Waals surface area (Å²) >= 11 is 0. The average Bonchev–Trinajstić information content (AvgIpc) is 4.14. The van der Waals surface area contributed by atoms with Crippen molar-refractivity contribution in [2.75, 3.05) is 84.5 Å². The molecular weight excluding hydrogens is 955 g/mol. The Balaban J connectivity index is 0.623. The zero-order chi connectivity index (χ0) is 50.4. The molecule has 3 N–H and O–H groups in total. The van der Waals surface area contributed by atoms with E-state index in [1.165, 1.54) is 29.8 Å². The molecule has 0 saturated heterocycles. The van der Waals surface area contributed by atoms with Gasteiger partial charge >= 0.3 is 6.29 Å². The van der Waals surface area contributed by atoms with Crippen LogP contribution >= 0.6 is 0 Å². The first-order chi connectivity index (χ1) is 34.9. The van der Waals surface area contributed by atoms with Crippen LogP contribution in [-0.4, -0.2) is 115 Å². The number of benzene rings is 4. The van der Waals surface area contributed by atoms with Gasteiger partial charge in [-0.05, 0) is 102 Å². The third kappa shape index (κ3) is 13.7. The third-order valence-electron chi connectivity index (χ3n) is 11.9. The van der Waals surface area contributed by atoms with Crippen LogP contribution in [0.15, 0.2) is 126 Å². The van der Waals surface area contributed by atoms with E-state index >= 15 is 0 Å².